The molecule has 4 heterocycles. The van der Waals surface area contributed by atoms with Crippen molar-refractivity contribution < 1.29 is 8.83 Å². The van der Waals surface area contributed by atoms with Crippen LogP contribution in [-0.2, 0) is 0 Å². The van der Waals surface area contributed by atoms with Crippen molar-refractivity contribution in [1.82, 2.24) is 0 Å². The second-order valence-electron chi connectivity index (χ2n) is 28.7. The first-order chi connectivity index (χ1) is 53.5. The van der Waals surface area contributed by atoms with Crippen LogP contribution in [0, 0.1) is 0 Å². The van der Waals surface area contributed by atoms with Gasteiger partial charge < -0.3 is 8.83 Å². The molecule has 0 saturated carbocycles. The minimum atomic E-state index is 0.918. The van der Waals surface area contributed by atoms with Gasteiger partial charge >= 0.3 is 0 Å². The zero-order chi connectivity index (χ0) is 70.7. The summed E-state index contributed by atoms with van der Waals surface area (Å²) < 4.78 is 18.1. The highest BCUT2D eigenvalue weighted by Crippen LogP contribution is 2.51. The molecule has 0 atom stereocenters. The minimum Gasteiger partial charge on any atom is -0.456 e. The van der Waals surface area contributed by atoms with E-state index in [0.29, 0.717) is 0 Å². The second-order valence-corrected chi connectivity index (χ2v) is 30.9. The van der Waals surface area contributed by atoms with Crippen LogP contribution in [0.2, 0.25) is 0 Å². The molecular formula is C104H60O2S2. The van der Waals surface area contributed by atoms with Gasteiger partial charge in [0.15, 0.2) is 0 Å². The molecular weight excluding hydrogens is 1350 g/mol. The van der Waals surface area contributed by atoms with Gasteiger partial charge in [-0.2, -0.15) is 0 Å². The van der Waals surface area contributed by atoms with Crippen molar-refractivity contribution in [2.75, 3.05) is 0 Å². The summed E-state index contributed by atoms with van der Waals surface area (Å²) in [6.45, 7) is 0. The lowest BCUT2D eigenvalue weighted by Crippen LogP contribution is -1.91. The number of fused-ring (bicyclic) bond motifs is 22. The monoisotopic (exact) mass is 1400 g/mol. The van der Waals surface area contributed by atoms with Crippen molar-refractivity contribution in [3.8, 4) is 66.8 Å². The van der Waals surface area contributed by atoms with Crippen molar-refractivity contribution in [1.29, 1.82) is 0 Å². The minimum absolute atomic E-state index is 0.918. The van der Waals surface area contributed by atoms with E-state index in [-0.39, 0.29) is 0 Å². The van der Waals surface area contributed by atoms with Crippen LogP contribution >= 0.6 is 22.7 Å². The summed E-state index contributed by atoms with van der Waals surface area (Å²) in [7, 11) is 0. The predicted octanol–water partition coefficient (Wildman–Crippen LogP) is 31.1. The molecule has 0 aliphatic carbocycles. The summed E-state index contributed by atoms with van der Waals surface area (Å²) in [4.78, 5) is 0. The van der Waals surface area contributed by atoms with Gasteiger partial charge in [0.25, 0.3) is 0 Å². The van der Waals surface area contributed by atoms with Crippen LogP contribution in [-0.4, -0.2) is 0 Å². The van der Waals surface area contributed by atoms with Crippen LogP contribution in [0.15, 0.2) is 373 Å². The van der Waals surface area contributed by atoms with E-state index >= 15 is 0 Å². The van der Waals surface area contributed by atoms with Crippen LogP contribution in [0.1, 0.15) is 0 Å². The maximum atomic E-state index is 6.47. The van der Waals surface area contributed by atoms with Crippen LogP contribution < -0.4 is 0 Å². The molecule has 0 fully saturated rings. The molecule has 0 unspecified atom stereocenters. The summed E-state index contributed by atoms with van der Waals surface area (Å²) >= 11 is 3.70. The molecule has 500 valence electrons. The Balaban J connectivity index is 0.000000130. The highest BCUT2D eigenvalue weighted by atomic mass is 32.1. The molecule has 0 saturated heterocycles. The number of benzene rings is 20. The van der Waals surface area contributed by atoms with Gasteiger partial charge in [-0.15, -0.1) is 22.7 Å². The van der Waals surface area contributed by atoms with Gasteiger partial charge in [0.2, 0.25) is 0 Å². The van der Waals surface area contributed by atoms with E-state index in [1.807, 2.05) is 22.7 Å². The molecule has 2 nitrogen and oxygen atoms in total. The maximum absolute atomic E-state index is 6.47. The molecule has 0 aliphatic rings. The van der Waals surface area contributed by atoms with Crippen molar-refractivity contribution in [3.63, 3.8) is 0 Å². The first-order valence-electron chi connectivity index (χ1n) is 37.0. The second kappa shape index (κ2) is 24.0. The maximum Gasteiger partial charge on any atom is 0.136 e. The van der Waals surface area contributed by atoms with Crippen LogP contribution in [0.5, 0.6) is 0 Å². The van der Waals surface area contributed by atoms with Crippen molar-refractivity contribution in [2.45, 2.75) is 0 Å². The van der Waals surface area contributed by atoms with E-state index in [9.17, 15) is 0 Å². The fraction of sp³-hybridized carbons (Fsp3) is 0. The van der Waals surface area contributed by atoms with Gasteiger partial charge in [-0.1, -0.05) is 297 Å². The normalized spacial score (nSPS) is 12.1. The third-order valence-corrected chi connectivity index (χ3v) is 25.1. The molecule has 0 amide bonds. The van der Waals surface area contributed by atoms with Gasteiger partial charge in [-0.3, -0.25) is 0 Å². The average Bonchev–Trinajstić information content (AvgIpc) is 0.893. The molecule has 20 aromatic carbocycles. The van der Waals surface area contributed by atoms with Gasteiger partial charge in [0.1, 0.15) is 22.3 Å². The highest BCUT2D eigenvalue weighted by Gasteiger charge is 2.23. The standard InChI is InChI=1S/2C52H30OS/c1-3-13-36-32(10-1)12-9-19-38(36)51-41-17-7-5-15-39(41)50(40-16-6-8-18-42(40)51)34-22-20-31(21-23-34)35-24-26-46-43(28-35)44-29-45-49(30-47(44)53-46)54-48-27-25-33-11-2-4-14-37(33)52(45)48;1-2-12-35-30-46-43(28-34(35)11-1)51-45(53-46)25-27-48-52(51)44-29-36(24-26-47(44)54-48)31-20-22-33(23-21-31)49-39-15-5-7-17-41(39)50(42-18-8-6-16-40(42)49)38-19-9-13-32-10-3-4-14-37(32)38/h2*1-30H. The molecule has 24 rings (SSSR count). The van der Waals surface area contributed by atoms with Crippen molar-refractivity contribution in [2.24, 2.45) is 0 Å². The van der Waals surface area contributed by atoms with Gasteiger partial charge in [-0.25, -0.2) is 0 Å². The van der Waals surface area contributed by atoms with E-state index in [1.165, 1.54) is 204 Å². The largest absolute Gasteiger partial charge is 0.456 e. The number of furan rings is 2. The highest BCUT2D eigenvalue weighted by molar-refractivity contribution is 7.26. The van der Waals surface area contributed by atoms with Gasteiger partial charge in [0, 0.05) is 61.9 Å². The molecule has 108 heavy (non-hydrogen) atoms. The third-order valence-electron chi connectivity index (χ3n) is 22.9. The Hall–Kier alpha value is -13.5. The van der Waals surface area contributed by atoms with E-state index in [4.69, 9.17) is 8.83 Å². The molecule has 0 spiro atoms. The van der Waals surface area contributed by atoms with Gasteiger partial charge in [0.05, 0.1) is 0 Å². The Morgan fingerprint density at radius 1 is 0.157 bits per heavy atom. The van der Waals surface area contributed by atoms with Crippen LogP contribution in [0.3, 0.4) is 0 Å². The van der Waals surface area contributed by atoms with Gasteiger partial charge in [-0.05, 0) is 220 Å². The quantitative estimate of drug-likeness (QED) is 0.155. The number of thiophene rings is 2. The Bertz CT molecular complexity index is 7800. The number of rotatable bonds is 6. The Morgan fingerprint density at radius 2 is 0.519 bits per heavy atom. The van der Waals surface area contributed by atoms with E-state index < -0.39 is 0 Å². The predicted molar refractivity (Wildman–Crippen MR) is 466 cm³/mol. The lowest BCUT2D eigenvalue weighted by molar-refractivity contribution is 0.669. The fourth-order valence-electron chi connectivity index (χ4n) is 18.0. The smallest absolute Gasteiger partial charge is 0.136 e. The molecule has 4 aromatic heterocycles. The molecule has 24 aromatic rings. The zero-order valence-corrected chi connectivity index (χ0v) is 59.9. The molecule has 0 aliphatic heterocycles. The molecule has 0 radical (unpaired) electrons. The molecule has 4 heteroatoms. The zero-order valence-electron chi connectivity index (χ0n) is 58.3. The topological polar surface area (TPSA) is 26.3 Å². The van der Waals surface area contributed by atoms with E-state index in [1.54, 1.807) is 0 Å². The Labute approximate surface area is 628 Å². The fourth-order valence-corrected chi connectivity index (χ4v) is 20.2. The summed E-state index contributed by atoms with van der Waals surface area (Å²) in [6.07, 6.45) is 0. The summed E-state index contributed by atoms with van der Waals surface area (Å²) in [5.74, 6) is 0. The Morgan fingerprint density at radius 3 is 1.07 bits per heavy atom. The third kappa shape index (κ3) is 9.44. The lowest BCUT2D eigenvalue weighted by Gasteiger charge is -2.19. The van der Waals surface area contributed by atoms with Crippen molar-refractivity contribution >= 4 is 193 Å². The SMILES string of the molecule is c1ccc2c(-c3c4ccccc4c(-c4ccc(-c5ccc6oc7cc8sc9ccc%10ccccc%10c9c8cc7c6c5)cc4)c4ccccc34)cccc2c1.c1ccc2cc3c(cc2c1)oc1ccc2sc4ccc(-c5ccc(-c6c7ccccc7c(-c7cccc8ccccc78)c7ccccc67)cc5)cc4c2c13. The van der Waals surface area contributed by atoms with Crippen LogP contribution in [0.25, 0.3) is 237 Å². The first-order valence-corrected chi connectivity index (χ1v) is 38.6. The van der Waals surface area contributed by atoms with E-state index in [2.05, 4.69) is 364 Å². The summed E-state index contributed by atoms with van der Waals surface area (Å²) in [5.41, 5.74) is 18.6. The summed E-state index contributed by atoms with van der Waals surface area (Å²) in [6, 6.07) is 134. The average molecular weight is 1410 g/mol. The molecule has 0 N–H and O–H groups in total. The number of hydrogen-bond acceptors (Lipinski definition) is 4. The lowest BCUT2D eigenvalue weighted by atomic mass is 9.84. The first kappa shape index (κ1) is 60.9. The number of hydrogen-bond donors (Lipinski definition) is 0. The van der Waals surface area contributed by atoms with E-state index in [0.717, 1.165) is 33.1 Å². The Kier molecular flexibility index (Phi) is 13.5. The van der Waals surface area contributed by atoms with Crippen molar-refractivity contribution in [3.05, 3.63) is 364 Å². The summed E-state index contributed by atoms with van der Waals surface area (Å²) in [5, 5.41) is 30.1. The van der Waals surface area contributed by atoms with Crippen LogP contribution in [0.4, 0.5) is 0 Å². The molecule has 0 bridgehead atoms.